The number of hydrogen-bond acceptors (Lipinski definition) is 3. The number of aliphatic hydroxyl groups excluding tert-OH is 1. The van der Waals surface area contributed by atoms with Crippen molar-refractivity contribution in [2.24, 2.45) is 0 Å². The van der Waals surface area contributed by atoms with Crippen molar-refractivity contribution >= 4 is 0 Å². The van der Waals surface area contributed by atoms with E-state index in [-0.39, 0.29) is 0 Å². The van der Waals surface area contributed by atoms with Crippen LogP contribution in [0.1, 0.15) is 23.2 Å². The molecule has 0 aliphatic heterocycles. The van der Waals surface area contributed by atoms with Crippen molar-refractivity contribution in [1.82, 2.24) is 4.98 Å². The molecule has 0 bridgehead atoms. The first-order valence-corrected chi connectivity index (χ1v) is 3.58. The quantitative estimate of drug-likeness (QED) is 0.790. The minimum Gasteiger partial charge on any atom is -0.392 e. The summed E-state index contributed by atoms with van der Waals surface area (Å²) >= 11 is 0. The van der Waals surface area contributed by atoms with Crippen LogP contribution in [0.15, 0.2) is 6.20 Å². The number of aromatic nitrogens is 1. The molecule has 0 spiro atoms. The van der Waals surface area contributed by atoms with Gasteiger partial charge in [-0.15, -0.1) is 0 Å². The molecule has 1 aromatic heterocycles. The Labute approximate surface area is 77.4 Å². The predicted octanol–water partition coefficient (Wildman–Crippen LogP) is 1.52. The van der Waals surface area contributed by atoms with Gasteiger partial charge in [-0.2, -0.15) is 5.26 Å². The Bertz CT molecular complexity index is 387. The molecule has 0 amide bonds. The second kappa shape index (κ2) is 4.07. The van der Waals surface area contributed by atoms with E-state index in [0.717, 1.165) is 0 Å². The van der Waals surface area contributed by atoms with Crippen molar-refractivity contribution in [2.75, 3.05) is 0 Å². The van der Waals surface area contributed by atoms with Crippen LogP contribution in [-0.4, -0.2) is 10.1 Å². The number of rotatable bonds is 2. The number of hydrogen-bond donors (Lipinski definition) is 1. The molecule has 6 heteroatoms. The number of aliphatic hydroxyl groups is 1. The van der Waals surface area contributed by atoms with Crippen LogP contribution in [0.25, 0.3) is 0 Å². The maximum atomic E-state index is 12.9. The molecule has 1 N–H and O–H groups in total. The lowest BCUT2D eigenvalue weighted by Gasteiger charge is -2.06. The molecule has 0 saturated heterocycles. The molecule has 0 fully saturated rings. The van der Waals surface area contributed by atoms with Crippen LogP contribution in [-0.2, 0) is 6.61 Å². The van der Waals surface area contributed by atoms with Gasteiger partial charge in [-0.05, 0) is 0 Å². The summed E-state index contributed by atoms with van der Waals surface area (Å²) in [5.74, 6) is -0.964. The normalized spacial score (nSPS) is 10.3. The topological polar surface area (TPSA) is 56.9 Å². The molecule has 74 valence electrons. The Morgan fingerprint density at radius 2 is 2.21 bits per heavy atom. The summed E-state index contributed by atoms with van der Waals surface area (Å²) in [5.41, 5.74) is -1.85. The van der Waals surface area contributed by atoms with Crippen molar-refractivity contribution in [3.8, 4) is 6.07 Å². The van der Waals surface area contributed by atoms with Crippen LogP contribution in [0.3, 0.4) is 0 Å². The van der Waals surface area contributed by atoms with E-state index in [1.807, 2.05) is 0 Å². The third-order valence-electron chi connectivity index (χ3n) is 1.64. The van der Waals surface area contributed by atoms with E-state index in [0.29, 0.717) is 6.20 Å². The Hall–Kier alpha value is -1.61. The van der Waals surface area contributed by atoms with Gasteiger partial charge < -0.3 is 5.11 Å². The zero-order valence-corrected chi connectivity index (χ0v) is 6.84. The maximum absolute atomic E-state index is 12.9. The van der Waals surface area contributed by atoms with E-state index in [1.165, 1.54) is 6.07 Å². The zero-order chi connectivity index (χ0) is 10.7. The van der Waals surface area contributed by atoms with Gasteiger partial charge in [0.2, 0.25) is 0 Å². The largest absolute Gasteiger partial charge is 0.392 e. The molecular formula is C8H5F3N2O. The summed E-state index contributed by atoms with van der Waals surface area (Å²) in [6.45, 7) is -0.809. The van der Waals surface area contributed by atoms with Crippen LogP contribution in [0.5, 0.6) is 0 Å². The molecule has 0 saturated carbocycles. The van der Waals surface area contributed by atoms with E-state index in [4.69, 9.17) is 10.4 Å². The third-order valence-corrected chi connectivity index (χ3v) is 1.64. The van der Waals surface area contributed by atoms with Crippen LogP contribution in [0, 0.1) is 17.1 Å². The summed E-state index contributed by atoms with van der Waals surface area (Å²) in [6, 6.07) is 1.39. The first kappa shape index (κ1) is 10.5. The number of nitriles is 1. The molecule has 14 heavy (non-hydrogen) atoms. The van der Waals surface area contributed by atoms with Gasteiger partial charge in [0.1, 0.15) is 17.6 Å². The van der Waals surface area contributed by atoms with Crippen molar-refractivity contribution < 1.29 is 18.3 Å². The van der Waals surface area contributed by atoms with Gasteiger partial charge in [0.05, 0.1) is 18.4 Å². The van der Waals surface area contributed by atoms with Gasteiger partial charge in [-0.1, -0.05) is 0 Å². The first-order chi connectivity index (χ1) is 6.61. The lowest BCUT2D eigenvalue weighted by atomic mass is 10.1. The van der Waals surface area contributed by atoms with Crippen molar-refractivity contribution in [3.63, 3.8) is 0 Å². The number of alkyl halides is 2. The minimum absolute atomic E-state index is 0.446. The second-order valence-electron chi connectivity index (χ2n) is 2.42. The van der Waals surface area contributed by atoms with Crippen molar-refractivity contribution in [2.45, 2.75) is 13.0 Å². The van der Waals surface area contributed by atoms with Crippen LogP contribution in [0.4, 0.5) is 13.2 Å². The summed E-state index contributed by atoms with van der Waals surface area (Å²) in [6.07, 6.45) is -2.40. The Morgan fingerprint density at radius 1 is 1.57 bits per heavy atom. The van der Waals surface area contributed by atoms with Crippen molar-refractivity contribution in [3.05, 3.63) is 28.8 Å². The molecular weight excluding hydrogens is 197 g/mol. The van der Waals surface area contributed by atoms with E-state index in [2.05, 4.69) is 4.98 Å². The van der Waals surface area contributed by atoms with Crippen LogP contribution in [0.2, 0.25) is 0 Å². The van der Waals surface area contributed by atoms with Crippen LogP contribution >= 0.6 is 0 Å². The molecule has 1 heterocycles. The van der Waals surface area contributed by atoms with Gasteiger partial charge in [0.25, 0.3) is 6.43 Å². The molecule has 0 aliphatic rings. The fourth-order valence-corrected chi connectivity index (χ4v) is 0.987. The zero-order valence-electron chi connectivity index (χ0n) is 6.84. The molecule has 0 atom stereocenters. The van der Waals surface area contributed by atoms with Gasteiger partial charge in [-0.25, -0.2) is 13.2 Å². The standard InChI is InChI=1S/C8H5F3N2O/c9-6-2-13-7(8(10)11)4(1-12)5(6)3-14/h2,8,14H,3H2. The lowest BCUT2D eigenvalue weighted by molar-refractivity contribution is 0.145. The van der Waals surface area contributed by atoms with Crippen molar-refractivity contribution in [1.29, 1.82) is 5.26 Å². The minimum atomic E-state index is -2.96. The Kier molecular flexibility index (Phi) is 3.04. The van der Waals surface area contributed by atoms with E-state index in [1.54, 1.807) is 0 Å². The SMILES string of the molecule is N#Cc1c(C(F)F)ncc(F)c1CO. The summed E-state index contributed by atoms with van der Waals surface area (Å²) < 4.78 is 37.4. The predicted molar refractivity (Wildman–Crippen MR) is 39.8 cm³/mol. The second-order valence-corrected chi connectivity index (χ2v) is 2.42. The number of nitrogens with zero attached hydrogens (tertiary/aromatic N) is 2. The highest BCUT2D eigenvalue weighted by Crippen LogP contribution is 2.24. The van der Waals surface area contributed by atoms with E-state index in [9.17, 15) is 13.2 Å². The highest BCUT2D eigenvalue weighted by molar-refractivity contribution is 5.41. The summed E-state index contributed by atoms with van der Waals surface area (Å²) in [7, 11) is 0. The summed E-state index contributed by atoms with van der Waals surface area (Å²) in [4.78, 5) is 3.10. The van der Waals surface area contributed by atoms with E-state index < -0.39 is 35.7 Å². The summed E-state index contributed by atoms with van der Waals surface area (Å²) in [5, 5.41) is 17.2. The molecule has 0 aliphatic carbocycles. The van der Waals surface area contributed by atoms with E-state index >= 15 is 0 Å². The third kappa shape index (κ3) is 1.67. The molecule has 0 radical (unpaired) electrons. The van der Waals surface area contributed by atoms with Gasteiger partial charge in [-0.3, -0.25) is 4.98 Å². The highest BCUT2D eigenvalue weighted by atomic mass is 19.3. The van der Waals surface area contributed by atoms with Gasteiger partial charge >= 0.3 is 0 Å². The number of pyridine rings is 1. The van der Waals surface area contributed by atoms with Gasteiger partial charge in [0.15, 0.2) is 0 Å². The average molecular weight is 202 g/mol. The number of halogens is 3. The smallest absolute Gasteiger partial charge is 0.281 e. The fraction of sp³-hybridized carbons (Fsp3) is 0.250. The molecule has 3 nitrogen and oxygen atoms in total. The molecule has 0 aromatic carbocycles. The van der Waals surface area contributed by atoms with Gasteiger partial charge in [0, 0.05) is 5.56 Å². The first-order valence-electron chi connectivity index (χ1n) is 3.58. The van der Waals surface area contributed by atoms with Crippen LogP contribution < -0.4 is 0 Å². The highest BCUT2D eigenvalue weighted by Gasteiger charge is 2.20. The molecule has 1 aromatic rings. The monoisotopic (exact) mass is 202 g/mol. The average Bonchev–Trinajstić information content (AvgIpc) is 2.16. The fourth-order valence-electron chi connectivity index (χ4n) is 0.987. The molecule has 1 rings (SSSR count). The Balaban J connectivity index is 3.43. The lowest BCUT2D eigenvalue weighted by Crippen LogP contribution is -2.03. The maximum Gasteiger partial charge on any atom is 0.281 e. The molecule has 0 unspecified atom stereocenters. The Morgan fingerprint density at radius 3 is 2.64 bits per heavy atom.